The number of benzene rings is 10. The Kier molecular flexibility index (Phi) is 8.10. The molecule has 10 aromatic carbocycles. The van der Waals surface area contributed by atoms with Crippen LogP contribution in [0.3, 0.4) is 0 Å². The van der Waals surface area contributed by atoms with Crippen LogP contribution in [0.2, 0.25) is 0 Å². The lowest BCUT2D eigenvalue weighted by atomic mass is 9.93. The molecule has 0 fully saturated rings. The molecule has 0 saturated carbocycles. The first-order chi connectivity index (χ1) is 30.2. The predicted molar refractivity (Wildman–Crippen MR) is 250 cm³/mol. The smallest absolute Gasteiger partial charge is 0.227 e. The number of rotatable bonds is 6. The molecule has 0 atom stereocenters. The molecular weight excluding hydrogens is 745 g/mol. The second-order valence-corrected chi connectivity index (χ2v) is 15.4. The molecule has 2 aromatic heterocycles. The lowest BCUT2D eigenvalue weighted by molar-refractivity contribution is 0.623. The zero-order valence-corrected chi connectivity index (χ0v) is 32.8. The number of oxazole rings is 1. The maximum absolute atomic E-state index is 6.58. The molecule has 0 bridgehead atoms. The Morgan fingerprint density at radius 1 is 0.295 bits per heavy atom. The van der Waals surface area contributed by atoms with E-state index in [1.807, 2.05) is 36.4 Å². The normalized spacial score (nSPS) is 11.6. The van der Waals surface area contributed by atoms with Crippen LogP contribution in [-0.4, -0.2) is 19.9 Å². The highest BCUT2D eigenvalue weighted by Gasteiger charge is 2.18. The number of nitrogens with zero attached hydrogens (tertiary/aromatic N) is 4. The minimum absolute atomic E-state index is 0.605. The lowest BCUT2D eigenvalue weighted by Crippen LogP contribution is -2.00. The minimum Gasteiger partial charge on any atom is -0.435 e. The van der Waals surface area contributed by atoms with E-state index >= 15 is 0 Å². The van der Waals surface area contributed by atoms with Crippen LogP contribution < -0.4 is 0 Å². The van der Waals surface area contributed by atoms with Crippen LogP contribution in [0.1, 0.15) is 0 Å². The molecule has 12 rings (SSSR count). The van der Waals surface area contributed by atoms with E-state index in [1.54, 1.807) is 0 Å². The highest BCUT2D eigenvalue weighted by Crippen LogP contribution is 2.40. The van der Waals surface area contributed by atoms with Crippen molar-refractivity contribution in [3.05, 3.63) is 206 Å². The van der Waals surface area contributed by atoms with Gasteiger partial charge in [-0.25, -0.2) is 19.9 Å². The average Bonchev–Trinajstić information content (AvgIpc) is 3.79. The summed E-state index contributed by atoms with van der Waals surface area (Å²) in [6.45, 7) is 0. The van der Waals surface area contributed by atoms with Gasteiger partial charge in [-0.2, -0.15) is 0 Å². The van der Waals surface area contributed by atoms with Crippen molar-refractivity contribution >= 4 is 54.2 Å². The van der Waals surface area contributed by atoms with E-state index in [9.17, 15) is 0 Å². The summed E-state index contributed by atoms with van der Waals surface area (Å²) in [5.74, 6) is 2.45. The van der Waals surface area contributed by atoms with E-state index < -0.39 is 0 Å². The molecule has 61 heavy (non-hydrogen) atoms. The van der Waals surface area contributed by atoms with Gasteiger partial charge in [-0.1, -0.05) is 170 Å². The molecule has 0 aliphatic carbocycles. The van der Waals surface area contributed by atoms with E-state index in [4.69, 9.17) is 24.4 Å². The fourth-order valence-electron chi connectivity index (χ4n) is 8.71. The van der Waals surface area contributed by atoms with Crippen molar-refractivity contribution in [2.75, 3.05) is 0 Å². The Morgan fingerprint density at radius 2 is 0.803 bits per heavy atom. The third-order valence-electron chi connectivity index (χ3n) is 11.7. The van der Waals surface area contributed by atoms with Gasteiger partial charge in [0.1, 0.15) is 5.52 Å². The summed E-state index contributed by atoms with van der Waals surface area (Å²) < 4.78 is 6.58. The molecule has 0 radical (unpaired) electrons. The van der Waals surface area contributed by atoms with Crippen LogP contribution in [0.4, 0.5) is 0 Å². The average molecular weight is 779 g/mol. The largest absolute Gasteiger partial charge is 0.435 e. The van der Waals surface area contributed by atoms with Gasteiger partial charge in [0.15, 0.2) is 23.1 Å². The second-order valence-electron chi connectivity index (χ2n) is 15.4. The van der Waals surface area contributed by atoms with Crippen molar-refractivity contribution in [2.24, 2.45) is 0 Å². The Bertz CT molecular complexity index is 3650. The molecule has 12 aromatic rings. The first-order valence-corrected chi connectivity index (χ1v) is 20.5. The zero-order valence-electron chi connectivity index (χ0n) is 32.8. The fraction of sp³-hybridized carbons (Fsp3) is 0. The Labute approximate surface area is 351 Å². The molecule has 5 nitrogen and oxygen atoms in total. The Balaban J connectivity index is 1.03. The van der Waals surface area contributed by atoms with Crippen molar-refractivity contribution in [1.29, 1.82) is 0 Å². The van der Waals surface area contributed by atoms with E-state index in [0.29, 0.717) is 23.4 Å². The predicted octanol–water partition coefficient (Wildman–Crippen LogP) is 14.6. The fourth-order valence-corrected chi connectivity index (χ4v) is 8.71. The molecule has 5 heteroatoms. The maximum atomic E-state index is 6.58. The number of hydrogen-bond acceptors (Lipinski definition) is 5. The highest BCUT2D eigenvalue weighted by atomic mass is 16.3. The van der Waals surface area contributed by atoms with Crippen molar-refractivity contribution in [3.63, 3.8) is 0 Å². The molecule has 0 aliphatic heterocycles. The van der Waals surface area contributed by atoms with Gasteiger partial charge in [-0.15, -0.1) is 0 Å². The van der Waals surface area contributed by atoms with Crippen molar-refractivity contribution < 1.29 is 4.42 Å². The van der Waals surface area contributed by atoms with Gasteiger partial charge < -0.3 is 4.42 Å². The van der Waals surface area contributed by atoms with Crippen LogP contribution in [0.15, 0.2) is 211 Å². The number of aromatic nitrogens is 4. The number of hydrogen-bond donors (Lipinski definition) is 0. The van der Waals surface area contributed by atoms with Crippen molar-refractivity contribution in [1.82, 2.24) is 19.9 Å². The maximum Gasteiger partial charge on any atom is 0.227 e. The van der Waals surface area contributed by atoms with Crippen LogP contribution in [-0.2, 0) is 0 Å². The summed E-state index contributed by atoms with van der Waals surface area (Å²) in [6, 6.07) is 71.9. The Morgan fingerprint density at radius 3 is 1.54 bits per heavy atom. The van der Waals surface area contributed by atoms with Crippen molar-refractivity contribution in [2.45, 2.75) is 0 Å². The SMILES string of the molecule is c1ccc(-c2nc3ccc4ccc5ccc6cc(-c7nc(-c8cccc(-c9ccccc9-c9ccccc9)c8)nc(-c8ccc9ccccc9c8)n7)ccc6c5c4c3o2)cc1. The Hall–Kier alpha value is -8.28. The van der Waals surface area contributed by atoms with E-state index in [2.05, 4.69) is 170 Å². The topological polar surface area (TPSA) is 64.7 Å². The molecule has 0 amide bonds. The molecular formula is C56H34N4O. The van der Waals surface area contributed by atoms with Crippen molar-refractivity contribution in [3.8, 4) is 67.9 Å². The number of fused-ring (bicyclic) bond motifs is 8. The summed E-state index contributed by atoms with van der Waals surface area (Å²) >= 11 is 0. The summed E-state index contributed by atoms with van der Waals surface area (Å²) in [4.78, 5) is 20.5. The summed E-state index contributed by atoms with van der Waals surface area (Å²) in [5.41, 5.74) is 9.89. The molecule has 0 saturated heterocycles. The molecule has 284 valence electrons. The first kappa shape index (κ1) is 34.7. The molecule has 0 unspecified atom stereocenters. The lowest BCUT2D eigenvalue weighted by Gasteiger charge is -2.13. The van der Waals surface area contributed by atoms with Gasteiger partial charge in [-0.05, 0) is 91.0 Å². The zero-order chi connectivity index (χ0) is 40.3. The van der Waals surface area contributed by atoms with E-state index in [-0.39, 0.29) is 0 Å². The minimum atomic E-state index is 0.605. The summed E-state index contributed by atoms with van der Waals surface area (Å²) in [5, 5.41) is 8.90. The first-order valence-electron chi connectivity index (χ1n) is 20.5. The van der Waals surface area contributed by atoms with Gasteiger partial charge in [0.05, 0.1) is 0 Å². The molecule has 0 spiro atoms. The standard InChI is InChI=1S/C56H34N4O/c1-3-13-36(14-4-1)46-20-9-10-21-47(46)41-18-11-19-43(33-41)53-58-54(44-27-22-35-12-7-8-17-40(35)32-44)60-55(59-53)45-28-30-48-42(34-45)26-25-37-23-24-38-29-31-49-52(51(38)50(37)48)61-56(57-49)39-15-5-2-6-16-39/h1-34H. The van der Waals surface area contributed by atoms with Crippen LogP contribution in [0, 0.1) is 0 Å². The highest BCUT2D eigenvalue weighted by molar-refractivity contribution is 6.26. The van der Waals surface area contributed by atoms with Gasteiger partial charge >= 0.3 is 0 Å². The molecule has 2 heterocycles. The summed E-state index contributed by atoms with van der Waals surface area (Å²) in [6.07, 6.45) is 0. The molecule has 0 aliphatic rings. The van der Waals surface area contributed by atoms with Gasteiger partial charge in [0.25, 0.3) is 0 Å². The van der Waals surface area contributed by atoms with E-state index in [0.717, 1.165) is 82.2 Å². The van der Waals surface area contributed by atoms with Gasteiger partial charge in [0.2, 0.25) is 5.89 Å². The van der Waals surface area contributed by atoms with Crippen LogP contribution in [0.25, 0.3) is 122 Å². The van der Waals surface area contributed by atoms with E-state index in [1.165, 1.54) is 16.5 Å². The van der Waals surface area contributed by atoms with Crippen LogP contribution in [0.5, 0.6) is 0 Å². The third kappa shape index (κ3) is 6.10. The van der Waals surface area contributed by atoms with Crippen LogP contribution >= 0.6 is 0 Å². The monoisotopic (exact) mass is 778 g/mol. The van der Waals surface area contributed by atoms with Gasteiger partial charge in [0, 0.05) is 33.0 Å². The second kappa shape index (κ2) is 14.2. The quantitative estimate of drug-likeness (QED) is 0.157. The third-order valence-corrected chi connectivity index (χ3v) is 11.7. The molecule has 0 N–H and O–H groups in total. The van der Waals surface area contributed by atoms with Gasteiger partial charge in [-0.3, -0.25) is 0 Å². The summed E-state index contributed by atoms with van der Waals surface area (Å²) in [7, 11) is 0.